The predicted octanol–water partition coefficient (Wildman–Crippen LogP) is 2.79. The van der Waals surface area contributed by atoms with Crippen LogP contribution in [-0.2, 0) is 4.79 Å². The third-order valence-corrected chi connectivity index (χ3v) is 4.61. The quantitative estimate of drug-likeness (QED) is 0.946. The number of aliphatic carboxylic acids is 1. The normalized spacial score (nSPS) is 20.7. The molecule has 5 nitrogen and oxygen atoms in total. The van der Waals surface area contributed by atoms with E-state index in [0.717, 1.165) is 10.8 Å². The Kier molecular flexibility index (Phi) is 3.72. The number of rotatable bonds is 3. The molecule has 1 N–H and O–H groups in total. The van der Waals surface area contributed by atoms with Crippen molar-refractivity contribution < 1.29 is 19.4 Å². The number of nitrogens with zero attached hydrogens (tertiary/aromatic N) is 1. The zero-order valence-corrected chi connectivity index (χ0v) is 13.2. The Labute approximate surface area is 134 Å². The van der Waals surface area contributed by atoms with Crippen molar-refractivity contribution in [1.82, 2.24) is 4.90 Å². The van der Waals surface area contributed by atoms with Crippen molar-refractivity contribution in [2.45, 2.75) is 13.3 Å². The van der Waals surface area contributed by atoms with Crippen molar-refractivity contribution in [3.8, 4) is 5.75 Å². The molecule has 2 aromatic carbocycles. The molecule has 0 radical (unpaired) electrons. The first kappa shape index (κ1) is 15.3. The molecule has 23 heavy (non-hydrogen) atoms. The molecule has 0 unspecified atom stereocenters. The lowest BCUT2D eigenvalue weighted by molar-refractivity contribution is -0.147. The maximum absolute atomic E-state index is 12.9. The minimum absolute atomic E-state index is 0.131. The summed E-state index contributed by atoms with van der Waals surface area (Å²) in [6.07, 6.45) is 0.474. The number of amides is 1. The number of ether oxygens (including phenoxy) is 1. The van der Waals surface area contributed by atoms with E-state index >= 15 is 0 Å². The van der Waals surface area contributed by atoms with E-state index in [1.807, 2.05) is 24.3 Å². The fourth-order valence-corrected chi connectivity index (χ4v) is 3.12. The summed E-state index contributed by atoms with van der Waals surface area (Å²) in [4.78, 5) is 25.9. The molecule has 0 aromatic heterocycles. The van der Waals surface area contributed by atoms with E-state index in [-0.39, 0.29) is 12.5 Å². The van der Waals surface area contributed by atoms with Crippen molar-refractivity contribution in [2.24, 2.45) is 5.41 Å². The van der Waals surface area contributed by atoms with Gasteiger partial charge in [-0.2, -0.15) is 0 Å². The summed E-state index contributed by atoms with van der Waals surface area (Å²) in [7, 11) is 1.60. The highest BCUT2D eigenvalue weighted by molar-refractivity contribution is 6.08. The summed E-state index contributed by atoms with van der Waals surface area (Å²) in [6.45, 7) is 2.39. The number of carbonyl (C=O) groups is 2. The SMILES string of the molecule is COc1ccc(C(=O)N2CC[C@](C)(C(=O)O)C2)c2ccccc12. The highest BCUT2D eigenvalue weighted by atomic mass is 16.5. The average Bonchev–Trinajstić information content (AvgIpc) is 2.97. The van der Waals surface area contributed by atoms with Crippen LogP contribution < -0.4 is 4.74 Å². The van der Waals surface area contributed by atoms with E-state index in [2.05, 4.69) is 0 Å². The lowest BCUT2D eigenvalue weighted by Gasteiger charge is -2.21. The van der Waals surface area contributed by atoms with Crippen molar-refractivity contribution in [1.29, 1.82) is 0 Å². The summed E-state index contributed by atoms with van der Waals surface area (Å²) in [6, 6.07) is 11.1. The van der Waals surface area contributed by atoms with Gasteiger partial charge in [-0.1, -0.05) is 24.3 Å². The number of carboxylic acid groups (broad SMARTS) is 1. The second-order valence-electron chi connectivity index (χ2n) is 6.20. The van der Waals surface area contributed by atoms with E-state index in [0.29, 0.717) is 24.3 Å². The van der Waals surface area contributed by atoms with Crippen LogP contribution in [0.3, 0.4) is 0 Å². The molecule has 1 heterocycles. The van der Waals surface area contributed by atoms with E-state index in [9.17, 15) is 14.7 Å². The van der Waals surface area contributed by atoms with Gasteiger partial charge < -0.3 is 14.7 Å². The molecule has 120 valence electrons. The second kappa shape index (κ2) is 5.57. The van der Waals surface area contributed by atoms with Crippen LogP contribution in [0.15, 0.2) is 36.4 Å². The standard InChI is InChI=1S/C18H19NO4/c1-18(17(21)22)9-10-19(11-18)16(20)14-7-8-15(23-2)13-6-4-3-5-12(13)14/h3-8H,9-11H2,1-2H3,(H,21,22)/t18-/m0/s1. The van der Waals surface area contributed by atoms with Crippen molar-refractivity contribution in [3.63, 3.8) is 0 Å². The molecule has 1 aliphatic rings. The number of hydrogen-bond donors (Lipinski definition) is 1. The number of fused-ring (bicyclic) bond motifs is 1. The fourth-order valence-electron chi connectivity index (χ4n) is 3.12. The van der Waals surface area contributed by atoms with Crippen molar-refractivity contribution >= 4 is 22.6 Å². The van der Waals surface area contributed by atoms with E-state index in [4.69, 9.17) is 4.74 Å². The lowest BCUT2D eigenvalue weighted by atomic mass is 9.90. The molecule has 0 bridgehead atoms. The zero-order chi connectivity index (χ0) is 16.6. The van der Waals surface area contributed by atoms with Crippen molar-refractivity contribution in [2.75, 3.05) is 20.2 Å². The monoisotopic (exact) mass is 313 g/mol. The van der Waals surface area contributed by atoms with Gasteiger partial charge in [0.15, 0.2) is 0 Å². The molecule has 3 rings (SSSR count). The van der Waals surface area contributed by atoms with Crippen LogP contribution in [0.4, 0.5) is 0 Å². The van der Waals surface area contributed by atoms with Gasteiger partial charge in [0, 0.05) is 24.0 Å². The number of likely N-dealkylation sites (tertiary alicyclic amines) is 1. The number of benzene rings is 2. The first-order valence-electron chi connectivity index (χ1n) is 7.55. The van der Waals surface area contributed by atoms with Crippen LogP contribution in [0, 0.1) is 5.41 Å². The second-order valence-corrected chi connectivity index (χ2v) is 6.20. The summed E-state index contributed by atoms with van der Waals surface area (Å²) in [5.74, 6) is -0.268. The van der Waals surface area contributed by atoms with Crippen LogP contribution >= 0.6 is 0 Å². The van der Waals surface area contributed by atoms with E-state index in [1.54, 1.807) is 31.1 Å². The van der Waals surface area contributed by atoms with Gasteiger partial charge >= 0.3 is 5.97 Å². The Bertz CT molecular complexity index is 786. The largest absolute Gasteiger partial charge is 0.496 e. The Morgan fingerprint density at radius 3 is 2.48 bits per heavy atom. The summed E-state index contributed by atoms with van der Waals surface area (Å²) in [5.41, 5.74) is -0.283. The van der Waals surface area contributed by atoms with Gasteiger partial charge in [0.1, 0.15) is 5.75 Å². The number of hydrogen-bond acceptors (Lipinski definition) is 3. The van der Waals surface area contributed by atoms with Crippen LogP contribution in [0.2, 0.25) is 0 Å². The van der Waals surface area contributed by atoms with E-state index < -0.39 is 11.4 Å². The zero-order valence-electron chi connectivity index (χ0n) is 13.2. The molecule has 1 saturated heterocycles. The molecule has 1 amide bonds. The molecular weight excluding hydrogens is 294 g/mol. The summed E-state index contributed by atoms with van der Waals surface area (Å²) >= 11 is 0. The number of carbonyl (C=O) groups excluding carboxylic acids is 1. The third-order valence-electron chi connectivity index (χ3n) is 4.61. The Balaban J connectivity index is 1.98. The number of methoxy groups -OCH3 is 1. The number of carboxylic acids is 1. The molecule has 1 atom stereocenters. The Morgan fingerprint density at radius 1 is 1.17 bits per heavy atom. The molecule has 5 heteroatoms. The predicted molar refractivity (Wildman–Crippen MR) is 86.8 cm³/mol. The van der Waals surface area contributed by atoms with Crippen LogP contribution in [-0.4, -0.2) is 42.1 Å². The fraction of sp³-hybridized carbons (Fsp3) is 0.333. The molecule has 1 fully saturated rings. The summed E-state index contributed by atoms with van der Waals surface area (Å²) in [5, 5.41) is 11.0. The Hall–Kier alpha value is -2.56. The molecule has 1 aliphatic heterocycles. The van der Waals surface area contributed by atoms with Crippen LogP contribution in [0.25, 0.3) is 10.8 Å². The summed E-state index contributed by atoms with van der Waals surface area (Å²) < 4.78 is 5.35. The molecule has 0 saturated carbocycles. The lowest BCUT2D eigenvalue weighted by Crippen LogP contribution is -2.34. The minimum atomic E-state index is -0.863. The van der Waals surface area contributed by atoms with Crippen LogP contribution in [0.5, 0.6) is 5.75 Å². The van der Waals surface area contributed by atoms with Gasteiger partial charge in [-0.15, -0.1) is 0 Å². The molecular formula is C18H19NO4. The van der Waals surface area contributed by atoms with Gasteiger partial charge in [-0.25, -0.2) is 0 Å². The van der Waals surface area contributed by atoms with Gasteiger partial charge in [0.2, 0.25) is 0 Å². The van der Waals surface area contributed by atoms with Gasteiger partial charge in [0.05, 0.1) is 12.5 Å². The van der Waals surface area contributed by atoms with Crippen LogP contribution in [0.1, 0.15) is 23.7 Å². The van der Waals surface area contributed by atoms with E-state index in [1.165, 1.54) is 0 Å². The third kappa shape index (κ3) is 2.52. The maximum atomic E-state index is 12.9. The van der Waals surface area contributed by atoms with Gasteiger partial charge in [-0.05, 0) is 30.9 Å². The molecule has 0 spiro atoms. The Morgan fingerprint density at radius 2 is 1.87 bits per heavy atom. The van der Waals surface area contributed by atoms with Gasteiger partial charge in [-0.3, -0.25) is 9.59 Å². The minimum Gasteiger partial charge on any atom is -0.496 e. The topological polar surface area (TPSA) is 66.8 Å². The molecule has 0 aliphatic carbocycles. The maximum Gasteiger partial charge on any atom is 0.311 e. The highest BCUT2D eigenvalue weighted by Gasteiger charge is 2.42. The smallest absolute Gasteiger partial charge is 0.311 e. The molecule has 2 aromatic rings. The van der Waals surface area contributed by atoms with Crippen molar-refractivity contribution in [3.05, 3.63) is 42.0 Å². The first-order valence-corrected chi connectivity index (χ1v) is 7.55. The van der Waals surface area contributed by atoms with Gasteiger partial charge in [0.25, 0.3) is 5.91 Å². The highest BCUT2D eigenvalue weighted by Crippen LogP contribution is 2.33. The first-order chi connectivity index (χ1) is 11.0. The average molecular weight is 313 g/mol.